The van der Waals surface area contributed by atoms with Crippen molar-refractivity contribution in [2.45, 2.75) is 0 Å². The number of nitrogens with one attached hydrogen (secondary N) is 1. The summed E-state index contributed by atoms with van der Waals surface area (Å²) in [6, 6.07) is 0. The van der Waals surface area contributed by atoms with Gasteiger partial charge in [0.05, 0.1) is 13.0 Å². The highest BCUT2D eigenvalue weighted by molar-refractivity contribution is 7.14. The monoisotopic (exact) mass is 321 g/mol. The minimum absolute atomic E-state index is 0.0875. The molecule has 1 rings (SSSR count). The summed E-state index contributed by atoms with van der Waals surface area (Å²) in [6.45, 7) is 0.0875. The Bertz CT molecular complexity index is 505. The van der Waals surface area contributed by atoms with Crippen molar-refractivity contribution in [2.24, 2.45) is 5.16 Å². The van der Waals surface area contributed by atoms with Crippen LogP contribution in [-0.4, -0.2) is 49.5 Å². The Morgan fingerprint density at radius 3 is 2.85 bits per heavy atom. The molecule has 8 nitrogen and oxygen atoms in total. The topological polar surface area (TPSA) is 99.1 Å². The van der Waals surface area contributed by atoms with Crippen molar-refractivity contribution in [3.8, 4) is 0 Å². The molecule has 1 amide bonds. The van der Waals surface area contributed by atoms with Gasteiger partial charge < -0.3 is 14.3 Å². The number of halogens is 1. The zero-order valence-corrected chi connectivity index (χ0v) is 12.3. The van der Waals surface area contributed by atoms with Gasteiger partial charge in [-0.15, -0.1) is 22.9 Å². The summed E-state index contributed by atoms with van der Waals surface area (Å²) in [6.07, 6.45) is -0.685. The Morgan fingerprint density at radius 2 is 2.25 bits per heavy atom. The molecule has 1 aromatic heterocycles. The summed E-state index contributed by atoms with van der Waals surface area (Å²) in [5, 5.41) is 7.69. The molecule has 0 spiro atoms. The Morgan fingerprint density at radius 1 is 1.50 bits per heavy atom. The summed E-state index contributed by atoms with van der Waals surface area (Å²) in [4.78, 5) is 31.3. The lowest BCUT2D eigenvalue weighted by Crippen LogP contribution is -2.18. The Labute approximate surface area is 123 Å². The number of hydrogen-bond acceptors (Lipinski definition) is 8. The van der Waals surface area contributed by atoms with Crippen molar-refractivity contribution in [1.29, 1.82) is 0 Å². The highest BCUT2D eigenvalue weighted by Gasteiger charge is 2.19. The van der Waals surface area contributed by atoms with E-state index in [0.717, 1.165) is 11.3 Å². The van der Waals surface area contributed by atoms with Crippen LogP contribution in [0.5, 0.6) is 0 Å². The molecule has 0 fully saturated rings. The van der Waals surface area contributed by atoms with E-state index in [-0.39, 0.29) is 29.0 Å². The lowest BCUT2D eigenvalue weighted by molar-refractivity contribution is -0.132. The fraction of sp³-hybridized carbons (Fsp3) is 0.400. The number of alkyl halides is 1. The van der Waals surface area contributed by atoms with Crippen molar-refractivity contribution in [2.75, 3.05) is 32.0 Å². The van der Waals surface area contributed by atoms with Gasteiger partial charge in [-0.25, -0.2) is 14.6 Å². The number of nitrogens with zero attached hydrogens (tertiary/aromatic N) is 2. The molecule has 0 aliphatic heterocycles. The number of carbonyl (C=O) groups excluding carboxylic acids is 2. The molecule has 1 heterocycles. The summed E-state index contributed by atoms with van der Waals surface area (Å²) in [5.74, 6) is -0.503. The van der Waals surface area contributed by atoms with Gasteiger partial charge >= 0.3 is 12.1 Å². The second-order valence-corrected chi connectivity index (χ2v) is 4.34. The van der Waals surface area contributed by atoms with E-state index in [4.69, 9.17) is 16.3 Å². The molecule has 0 radical (unpaired) electrons. The average Bonchev–Trinajstić information content (AvgIpc) is 2.89. The van der Waals surface area contributed by atoms with Gasteiger partial charge in [0.1, 0.15) is 19.4 Å². The maximum absolute atomic E-state index is 11.5. The molecule has 20 heavy (non-hydrogen) atoms. The number of esters is 1. The molecular weight excluding hydrogens is 310 g/mol. The molecule has 0 aliphatic carbocycles. The molecule has 110 valence electrons. The summed E-state index contributed by atoms with van der Waals surface area (Å²) in [5.41, 5.74) is 0.116. The van der Waals surface area contributed by atoms with E-state index in [9.17, 15) is 9.59 Å². The van der Waals surface area contributed by atoms with Crippen molar-refractivity contribution in [3.05, 3.63) is 11.1 Å². The largest absolute Gasteiger partial charge is 0.464 e. The van der Waals surface area contributed by atoms with Crippen molar-refractivity contribution >= 4 is 45.8 Å². The van der Waals surface area contributed by atoms with Crippen LogP contribution in [0, 0.1) is 0 Å². The SMILES string of the molecule is CON=C(C(=O)OC)c1csc(NC(=O)OCCCl)n1. The quantitative estimate of drug-likeness (QED) is 0.368. The lowest BCUT2D eigenvalue weighted by Gasteiger charge is -2.02. The molecule has 0 aromatic carbocycles. The summed E-state index contributed by atoms with van der Waals surface area (Å²) in [7, 11) is 2.50. The predicted octanol–water partition coefficient (Wildman–Crippen LogP) is 1.45. The molecule has 0 saturated heterocycles. The van der Waals surface area contributed by atoms with Gasteiger partial charge in [0.15, 0.2) is 5.13 Å². The van der Waals surface area contributed by atoms with Crippen LogP contribution in [0.2, 0.25) is 0 Å². The number of aromatic nitrogens is 1. The van der Waals surface area contributed by atoms with Gasteiger partial charge in [-0.3, -0.25) is 5.32 Å². The maximum atomic E-state index is 11.5. The average molecular weight is 322 g/mol. The number of carbonyl (C=O) groups is 2. The van der Waals surface area contributed by atoms with Crippen LogP contribution in [0.25, 0.3) is 0 Å². The smallest absolute Gasteiger partial charge is 0.413 e. The highest BCUT2D eigenvalue weighted by Crippen LogP contribution is 2.17. The number of oxime groups is 1. The number of methoxy groups -OCH3 is 1. The zero-order valence-electron chi connectivity index (χ0n) is 10.7. The number of anilines is 1. The molecule has 10 heteroatoms. The van der Waals surface area contributed by atoms with Gasteiger partial charge in [0, 0.05) is 5.38 Å². The fourth-order valence-corrected chi connectivity index (χ4v) is 1.83. The number of amides is 1. The molecule has 1 N–H and O–H groups in total. The minimum Gasteiger partial charge on any atom is -0.464 e. The number of rotatable bonds is 6. The van der Waals surface area contributed by atoms with Crippen LogP contribution in [0.4, 0.5) is 9.93 Å². The first-order valence-corrected chi connectivity index (χ1v) is 6.69. The number of thiazole rings is 1. The van der Waals surface area contributed by atoms with Gasteiger partial charge in [-0.2, -0.15) is 0 Å². The fourth-order valence-electron chi connectivity index (χ4n) is 1.07. The first kappa shape index (κ1) is 16.2. The third-order valence-corrected chi connectivity index (χ3v) is 2.74. The first-order chi connectivity index (χ1) is 9.62. The van der Waals surface area contributed by atoms with Crippen molar-refractivity contribution in [3.63, 3.8) is 0 Å². The molecule has 0 unspecified atom stereocenters. The molecule has 1 aromatic rings. The summed E-state index contributed by atoms with van der Waals surface area (Å²) < 4.78 is 9.27. The second kappa shape index (κ2) is 8.33. The van der Waals surface area contributed by atoms with E-state index >= 15 is 0 Å². The summed E-state index contributed by atoms with van der Waals surface area (Å²) >= 11 is 6.47. The van der Waals surface area contributed by atoms with E-state index in [1.807, 2.05) is 0 Å². The van der Waals surface area contributed by atoms with Crippen molar-refractivity contribution < 1.29 is 23.9 Å². The Hall–Kier alpha value is -1.87. The van der Waals surface area contributed by atoms with Crippen molar-refractivity contribution in [1.82, 2.24) is 4.98 Å². The Balaban J connectivity index is 2.77. The van der Waals surface area contributed by atoms with Crippen LogP contribution in [0.3, 0.4) is 0 Å². The van der Waals surface area contributed by atoms with Gasteiger partial charge in [-0.05, 0) is 0 Å². The van der Waals surface area contributed by atoms with E-state index in [2.05, 4.69) is 25.0 Å². The van der Waals surface area contributed by atoms with E-state index in [1.165, 1.54) is 19.6 Å². The van der Waals surface area contributed by atoms with E-state index in [1.54, 1.807) is 0 Å². The maximum Gasteiger partial charge on any atom is 0.413 e. The predicted molar refractivity (Wildman–Crippen MR) is 73.4 cm³/mol. The van der Waals surface area contributed by atoms with Crippen LogP contribution in [0.15, 0.2) is 10.5 Å². The van der Waals surface area contributed by atoms with Gasteiger partial charge in [0.2, 0.25) is 5.71 Å². The number of hydrogen-bond donors (Lipinski definition) is 1. The van der Waals surface area contributed by atoms with Crippen LogP contribution in [-0.2, 0) is 19.1 Å². The third kappa shape index (κ3) is 4.67. The second-order valence-electron chi connectivity index (χ2n) is 3.10. The third-order valence-electron chi connectivity index (χ3n) is 1.83. The standard InChI is InChI=1S/C10H12ClN3O5S/c1-17-8(15)7(14-18-2)6-5-20-9(12-6)13-10(16)19-4-3-11/h5H,3-4H2,1-2H3,(H,12,13,16). The zero-order chi connectivity index (χ0) is 15.0. The lowest BCUT2D eigenvalue weighted by atomic mass is 10.3. The van der Waals surface area contributed by atoms with Crippen LogP contribution >= 0.6 is 22.9 Å². The van der Waals surface area contributed by atoms with E-state index < -0.39 is 12.1 Å². The van der Waals surface area contributed by atoms with E-state index in [0.29, 0.717) is 0 Å². The molecule has 0 bridgehead atoms. The highest BCUT2D eigenvalue weighted by atomic mass is 35.5. The van der Waals surface area contributed by atoms with Crippen LogP contribution < -0.4 is 5.32 Å². The molecule has 0 aliphatic rings. The molecule has 0 saturated carbocycles. The van der Waals surface area contributed by atoms with Crippen LogP contribution in [0.1, 0.15) is 5.69 Å². The van der Waals surface area contributed by atoms with Gasteiger partial charge in [0.25, 0.3) is 0 Å². The molecular formula is C10H12ClN3O5S. The normalized spacial score (nSPS) is 10.8. The molecule has 0 atom stereocenters. The number of ether oxygens (including phenoxy) is 2. The minimum atomic E-state index is -0.701. The first-order valence-electron chi connectivity index (χ1n) is 5.27. The van der Waals surface area contributed by atoms with Gasteiger partial charge in [-0.1, -0.05) is 5.16 Å². The Kier molecular flexibility index (Phi) is 6.74.